The van der Waals surface area contributed by atoms with Crippen LogP contribution in [0, 0.1) is 6.92 Å². The van der Waals surface area contributed by atoms with Gasteiger partial charge in [0.05, 0.1) is 52.8 Å². The zero-order valence-corrected chi connectivity index (χ0v) is 18.0. The fourth-order valence-electron chi connectivity index (χ4n) is 3.11. The lowest BCUT2D eigenvalue weighted by Crippen LogP contribution is -2.21. The van der Waals surface area contributed by atoms with Crippen LogP contribution in [0.25, 0.3) is 16.2 Å². The number of carbonyl (C=O) groups excluding carboxylic acids is 1. The molecule has 0 fully saturated rings. The molecule has 13 heteroatoms. The van der Waals surface area contributed by atoms with Crippen LogP contribution in [0.3, 0.4) is 0 Å². The van der Waals surface area contributed by atoms with Crippen LogP contribution in [0.5, 0.6) is 0 Å². The van der Waals surface area contributed by atoms with Gasteiger partial charge in [0.2, 0.25) is 0 Å². The van der Waals surface area contributed by atoms with Crippen LogP contribution in [0.4, 0.5) is 25.0 Å². The smallest absolute Gasteiger partial charge is 0.323 e. The first-order valence-corrected chi connectivity index (χ1v) is 10.2. The summed E-state index contributed by atoms with van der Waals surface area (Å²) in [5, 5.41) is 13.7. The Labute approximate surface area is 184 Å². The number of rotatable bonds is 6. The van der Waals surface area contributed by atoms with E-state index in [1.165, 1.54) is 36.1 Å². The number of nitrogens with zero attached hydrogens (tertiary/aromatic N) is 6. The number of fused-ring (bicyclic) bond motifs is 1. The highest BCUT2D eigenvalue weighted by Crippen LogP contribution is 2.34. The van der Waals surface area contributed by atoms with Crippen LogP contribution in [-0.2, 0) is 4.74 Å². The maximum Gasteiger partial charge on any atom is 0.323 e. The summed E-state index contributed by atoms with van der Waals surface area (Å²) >= 11 is 1.43. The summed E-state index contributed by atoms with van der Waals surface area (Å²) in [7, 11) is 1.55. The van der Waals surface area contributed by atoms with Crippen molar-refractivity contribution in [2.75, 3.05) is 17.7 Å². The number of halogens is 2. The molecule has 32 heavy (non-hydrogen) atoms. The molecule has 2 N–H and O–H groups in total. The molecule has 4 heterocycles. The Morgan fingerprint density at radius 3 is 2.62 bits per heavy atom. The number of anilines is 2. The van der Waals surface area contributed by atoms with Crippen molar-refractivity contribution in [1.29, 1.82) is 0 Å². The lowest BCUT2D eigenvalue weighted by molar-refractivity contribution is 0.121. The van der Waals surface area contributed by atoms with Crippen LogP contribution >= 0.6 is 11.3 Å². The molecule has 10 nitrogen and oxygen atoms in total. The molecular weight excluding hydrogens is 442 g/mol. The molecule has 0 radical (unpaired) electrons. The second-order valence-electron chi connectivity index (χ2n) is 6.69. The van der Waals surface area contributed by atoms with Gasteiger partial charge < -0.3 is 15.4 Å². The summed E-state index contributed by atoms with van der Waals surface area (Å²) in [6.07, 6.45) is 2.24. The Kier molecular flexibility index (Phi) is 6.01. The summed E-state index contributed by atoms with van der Waals surface area (Å²) in [4.78, 5) is 27.2. The monoisotopic (exact) mass is 460 g/mol. The van der Waals surface area contributed by atoms with Crippen molar-refractivity contribution < 1.29 is 18.3 Å². The molecule has 166 valence electrons. The number of alkyl halides is 2. The molecule has 4 aromatic rings. The number of ether oxygens (including phenoxy) is 1. The summed E-state index contributed by atoms with van der Waals surface area (Å²) in [5.41, 5.74) is 1.36. The van der Waals surface area contributed by atoms with Gasteiger partial charge in [0, 0.05) is 12.7 Å². The fraction of sp³-hybridized carbons (Fsp3) is 0.263. The van der Waals surface area contributed by atoms with E-state index in [1.54, 1.807) is 7.11 Å². The highest BCUT2D eigenvalue weighted by molar-refractivity contribution is 7.18. The number of pyridine rings is 2. The summed E-state index contributed by atoms with van der Waals surface area (Å²) in [6, 6.07) is 0.467. The van der Waals surface area contributed by atoms with Crippen LogP contribution < -0.4 is 10.6 Å². The van der Waals surface area contributed by atoms with Crippen molar-refractivity contribution in [2.45, 2.75) is 26.4 Å². The zero-order valence-electron chi connectivity index (χ0n) is 17.2. The van der Waals surface area contributed by atoms with Gasteiger partial charge in [-0.3, -0.25) is 0 Å². The van der Waals surface area contributed by atoms with Crippen molar-refractivity contribution in [3.8, 4) is 5.82 Å². The number of carbonyl (C=O) groups is 1. The number of hydrogen-bond acceptors (Lipinski definition) is 8. The standard InChI is InChI=1S/C19H18F2N8O2S/c1-9(31-3)14-13(8-23-18-15(14)26-10(2)32-18)28-19(30)27-11-6-12(16(20)21)17(22-7-11)29-24-4-5-25-29/h4-9,16H,1-3H3,(H2,27,28,30). The molecule has 0 aliphatic carbocycles. The second kappa shape index (κ2) is 8.88. The maximum atomic E-state index is 13.5. The Morgan fingerprint density at radius 1 is 1.19 bits per heavy atom. The quantitative estimate of drug-likeness (QED) is 0.441. The second-order valence-corrected chi connectivity index (χ2v) is 7.87. The van der Waals surface area contributed by atoms with E-state index in [2.05, 4.69) is 35.8 Å². The predicted octanol–water partition coefficient (Wildman–Crippen LogP) is 4.26. The lowest BCUT2D eigenvalue weighted by Gasteiger charge is -2.16. The van der Waals surface area contributed by atoms with Crippen molar-refractivity contribution in [3.63, 3.8) is 0 Å². The van der Waals surface area contributed by atoms with Gasteiger partial charge in [-0.05, 0) is 19.9 Å². The molecule has 1 atom stereocenters. The van der Waals surface area contributed by atoms with Gasteiger partial charge in [-0.2, -0.15) is 10.2 Å². The number of urea groups is 1. The molecule has 0 saturated heterocycles. The highest BCUT2D eigenvalue weighted by Gasteiger charge is 2.21. The topological polar surface area (TPSA) is 120 Å². The average molecular weight is 460 g/mol. The highest BCUT2D eigenvalue weighted by atomic mass is 32.1. The van der Waals surface area contributed by atoms with E-state index in [1.807, 2.05) is 13.8 Å². The average Bonchev–Trinajstić information content (AvgIpc) is 3.42. The lowest BCUT2D eigenvalue weighted by atomic mass is 10.1. The third kappa shape index (κ3) is 4.24. The molecule has 0 spiro atoms. The first-order valence-electron chi connectivity index (χ1n) is 9.39. The molecule has 0 aliphatic heterocycles. The molecule has 0 saturated carbocycles. The molecule has 4 rings (SSSR count). The minimum Gasteiger partial charge on any atom is -0.377 e. The molecule has 0 bridgehead atoms. The van der Waals surface area contributed by atoms with Crippen molar-refractivity contribution in [2.24, 2.45) is 0 Å². The minimum absolute atomic E-state index is 0.0774. The van der Waals surface area contributed by atoms with E-state index in [0.29, 0.717) is 16.8 Å². The minimum atomic E-state index is -2.85. The largest absolute Gasteiger partial charge is 0.377 e. The number of hydrogen-bond donors (Lipinski definition) is 2. The van der Waals surface area contributed by atoms with Crippen molar-refractivity contribution >= 4 is 39.1 Å². The maximum absolute atomic E-state index is 13.5. The van der Waals surface area contributed by atoms with Gasteiger partial charge in [-0.15, -0.1) is 4.80 Å². The van der Waals surface area contributed by atoms with E-state index in [0.717, 1.165) is 20.7 Å². The van der Waals surface area contributed by atoms with Crippen LogP contribution in [0.2, 0.25) is 0 Å². The third-order valence-corrected chi connectivity index (χ3v) is 5.46. The van der Waals surface area contributed by atoms with Crippen LogP contribution in [0.15, 0.2) is 30.9 Å². The van der Waals surface area contributed by atoms with Gasteiger partial charge in [-0.25, -0.2) is 28.5 Å². The van der Waals surface area contributed by atoms with E-state index < -0.39 is 18.0 Å². The molecular formula is C19H18F2N8O2S. The van der Waals surface area contributed by atoms with E-state index in [4.69, 9.17) is 4.74 Å². The van der Waals surface area contributed by atoms with Gasteiger partial charge in [0.25, 0.3) is 6.43 Å². The SMILES string of the molecule is COC(C)c1c(NC(=O)Nc2cnc(-n3nccn3)c(C(F)F)c2)cnc2sc(C)nc12. The third-order valence-electron chi connectivity index (χ3n) is 4.58. The normalized spacial score (nSPS) is 12.3. The van der Waals surface area contributed by atoms with E-state index in [9.17, 15) is 13.6 Å². The Morgan fingerprint density at radius 2 is 1.94 bits per heavy atom. The van der Waals surface area contributed by atoms with Gasteiger partial charge in [0.15, 0.2) is 5.82 Å². The number of nitrogens with one attached hydrogen (secondary N) is 2. The molecule has 2 amide bonds. The first-order chi connectivity index (χ1) is 15.4. The summed E-state index contributed by atoms with van der Waals surface area (Å²) in [5.74, 6) is -0.124. The predicted molar refractivity (Wildman–Crippen MR) is 114 cm³/mol. The van der Waals surface area contributed by atoms with Crippen LogP contribution in [-0.4, -0.2) is 43.1 Å². The molecule has 0 aromatic carbocycles. The van der Waals surface area contributed by atoms with E-state index >= 15 is 0 Å². The number of thiazole rings is 1. The van der Waals surface area contributed by atoms with E-state index in [-0.39, 0.29) is 17.6 Å². The molecule has 1 unspecified atom stereocenters. The van der Waals surface area contributed by atoms with Crippen LogP contribution in [0.1, 0.15) is 35.6 Å². The summed E-state index contributed by atoms with van der Waals surface area (Å²) in [6.45, 7) is 3.69. The Bertz CT molecular complexity index is 1260. The number of aryl methyl sites for hydroxylation is 1. The first kappa shape index (κ1) is 21.6. The van der Waals surface area contributed by atoms with Gasteiger partial charge >= 0.3 is 6.03 Å². The Balaban J connectivity index is 1.60. The van der Waals surface area contributed by atoms with Gasteiger partial charge in [-0.1, -0.05) is 11.3 Å². The van der Waals surface area contributed by atoms with Crippen molar-refractivity contribution in [1.82, 2.24) is 29.9 Å². The zero-order chi connectivity index (χ0) is 22.8. The number of amides is 2. The summed E-state index contributed by atoms with van der Waals surface area (Å²) < 4.78 is 32.5. The fourth-order valence-corrected chi connectivity index (χ4v) is 3.88. The molecule has 0 aliphatic rings. The Hall–Kier alpha value is -3.58. The number of aromatic nitrogens is 6. The number of methoxy groups -OCH3 is 1. The molecule has 4 aromatic heterocycles. The van der Waals surface area contributed by atoms with Crippen molar-refractivity contribution in [3.05, 3.63) is 47.0 Å². The van der Waals surface area contributed by atoms with Gasteiger partial charge in [0.1, 0.15) is 10.3 Å².